The molecule has 1 N–H and O–H groups in total. The van der Waals surface area contributed by atoms with Crippen molar-refractivity contribution in [1.82, 2.24) is 5.01 Å². The number of carbonyl (C=O) groups excluding carboxylic acids is 1. The van der Waals surface area contributed by atoms with E-state index >= 15 is 0 Å². The molecule has 4 heteroatoms. The molecule has 0 aliphatic carbocycles. The van der Waals surface area contributed by atoms with E-state index in [0.717, 1.165) is 17.7 Å². The van der Waals surface area contributed by atoms with Crippen LogP contribution in [0.25, 0.3) is 0 Å². The zero-order chi connectivity index (χ0) is 9.54. The van der Waals surface area contributed by atoms with Gasteiger partial charge in [0.05, 0.1) is 6.04 Å². The highest BCUT2D eigenvalue weighted by Crippen LogP contribution is 2.36. The number of rotatable bonds is 0. The van der Waals surface area contributed by atoms with Gasteiger partial charge in [0.15, 0.2) is 0 Å². The van der Waals surface area contributed by atoms with E-state index in [9.17, 15) is 4.79 Å². The van der Waals surface area contributed by atoms with Gasteiger partial charge in [-0.3, -0.25) is 0 Å². The van der Waals surface area contributed by atoms with Crippen LogP contribution in [0.5, 0.6) is 0 Å². The van der Waals surface area contributed by atoms with Gasteiger partial charge in [0.25, 0.3) is 0 Å². The fourth-order valence-corrected chi connectivity index (χ4v) is 1.94. The molecule has 2 aliphatic rings. The molecule has 0 saturated heterocycles. The summed E-state index contributed by atoms with van der Waals surface area (Å²) in [6.45, 7) is 0. The Bertz CT molecular complexity index is 427. The number of hydrazone groups is 1. The minimum atomic E-state index is -0.137. The smallest absolute Gasteiger partial charge is 0.306 e. The summed E-state index contributed by atoms with van der Waals surface area (Å²) in [7, 11) is 0. The van der Waals surface area contributed by atoms with Gasteiger partial charge < -0.3 is 5.32 Å². The molecule has 2 heterocycles. The molecule has 4 nitrogen and oxygen atoms in total. The van der Waals surface area contributed by atoms with Crippen molar-refractivity contribution in [2.24, 2.45) is 5.10 Å². The number of hydrogen-bond donors (Lipinski definition) is 1. The number of urea groups is 1. The first-order chi connectivity index (χ1) is 6.86. The number of benzene rings is 1. The molecule has 0 saturated carbocycles. The van der Waals surface area contributed by atoms with Crippen molar-refractivity contribution in [3.05, 3.63) is 29.8 Å². The van der Waals surface area contributed by atoms with Crippen LogP contribution in [0.2, 0.25) is 0 Å². The predicted molar refractivity (Wildman–Crippen MR) is 53.1 cm³/mol. The molecule has 70 valence electrons. The number of nitrogens with one attached hydrogen (secondary N) is 1. The Morgan fingerprint density at radius 3 is 3.21 bits per heavy atom. The highest BCUT2D eigenvalue weighted by atomic mass is 16.2. The second kappa shape index (κ2) is 2.57. The molecule has 2 amide bonds. The Labute approximate surface area is 81.2 Å². The van der Waals surface area contributed by atoms with Gasteiger partial charge in [-0.25, -0.2) is 9.80 Å². The van der Waals surface area contributed by atoms with E-state index in [1.807, 2.05) is 24.3 Å². The molecule has 1 atom stereocenters. The monoisotopic (exact) mass is 187 g/mol. The van der Waals surface area contributed by atoms with Gasteiger partial charge in [-0.05, 0) is 6.07 Å². The summed E-state index contributed by atoms with van der Waals surface area (Å²) in [5.41, 5.74) is 2.05. The summed E-state index contributed by atoms with van der Waals surface area (Å²) in [6, 6.07) is 7.81. The maximum atomic E-state index is 11.5. The number of anilines is 1. The number of amides is 2. The molecule has 0 spiro atoms. The Morgan fingerprint density at radius 1 is 1.43 bits per heavy atom. The molecule has 0 fully saturated rings. The van der Waals surface area contributed by atoms with E-state index < -0.39 is 0 Å². The summed E-state index contributed by atoms with van der Waals surface area (Å²) in [5, 5.41) is 8.34. The van der Waals surface area contributed by atoms with E-state index in [1.54, 1.807) is 6.21 Å². The van der Waals surface area contributed by atoms with Crippen LogP contribution in [0, 0.1) is 0 Å². The summed E-state index contributed by atoms with van der Waals surface area (Å²) in [5.74, 6) is 0. The zero-order valence-electron chi connectivity index (χ0n) is 7.47. The van der Waals surface area contributed by atoms with Gasteiger partial charge in [-0.2, -0.15) is 5.10 Å². The van der Waals surface area contributed by atoms with Gasteiger partial charge in [-0.1, -0.05) is 18.2 Å². The van der Waals surface area contributed by atoms with E-state index in [2.05, 4.69) is 10.4 Å². The molecule has 1 aromatic rings. The third kappa shape index (κ3) is 0.878. The van der Waals surface area contributed by atoms with Gasteiger partial charge in [0.1, 0.15) is 0 Å². The summed E-state index contributed by atoms with van der Waals surface area (Å²) >= 11 is 0. The minimum Gasteiger partial charge on any atom is -0.306 e. The topological polar surface area (TPSA) is 44.7 Å². The van der Waals surface area contributed by atoms with Crippen LogP contribution >= 0.6 is 0 Å². The van der Waals surface area contributed by atoms with Crippen LogP contribution < -0.4 is 5.32 Å². The lowest BCUT2D eigenvalue weighted by Crippen LogP contribution is -2.36. The van der Waals surface area contributed by atoms with Crippen LogP contribution in [0.4, 0.5) is 10.5 Å². The van der Waals surface area contributed by atoms with Crippen molar-refractivity contribution in [3.8, 4) is 0 Å². The lowest BCUT2D eigenvalue weighted by Gasteiger charge is -2.29. The molecule has 2 aliphatic heterocycles. The van der Waals surface area contributed by atoms with Gasteiger partial charge >= 0.3 is 6.03 Å². The Kier molecular flexibility index (Phi) is 1.39. The van der Waals surface area contributed by atoms with Crippen LogP contribution in [0.3, 0.4) is 0 Å². The maximum Gasteiger partial charge on any atom is 0.342 e. The second-order valence-corrected chi connectivity index (χ2v) is 3.41. The quantitative estimate of drug-likeness (QED) is 0.663. The van der Waals surface area contributed by atoms with Crippen molar-refractivity contribution in [2.45, 2.75) is 12.5 Å². The fourth-order valence-electron chi connectivity index (χ4n) is 1.94. The normalized spacial score (nSPS) is 23.0. The first-order valence-corrected chi connectivity index (χ1v) is 4.58. The summed E-state index contributed by atoms with van der Waals surface area (Å²) < 4.78 is 0. The van der Waals surface area contributed by atoms with E-state index in [4.69, 9.17) is 0 Å². The number of hydrogen-bond acceptors (Lipinski definition) is 2. The van der Waals surface area contributed by atoms with Crippen molar-refractivity contribution < 1.29 is 4.79 Å². The molecule has 0 aromatic heterocycles. The molecule has 3 rings (SSSR count). The molecular formula is C10H9N3O. The van der Waals surface area contributed by atoms with Crippen LogP contribution in [-0.2, 0) is 0 Å². The molecule has 1 unspecified atom stereocenters. The predicted octanol–water partition coefficient (Wildman–Crippen LogP) is 1.96. The number of nitrogens with zero attached hydrogens (tertiary/aromatic N) is 2. The second-order valence-electron chi connectivity index (χ2n) is 3.41. The SMILES string of the molecule is O=C1Nc2ccccc2C2CC=NN12. The van der Waals surface area contributed by atoms with Crippen molar-refractivity contribution in [3.63, 3.8) is 0 Å². The fraction of sp³-hybridized carbons (Fsp3) is 0.200. The van der Waals surface area contributed by atoms with E-state index in [0.29, 0.717) is 0 Å². The first kappa shape index (κ1) is 7.55. The lowest BCUT2D eigenvalue weighted by molar-refractivity contribution is 0.197. The van der Waals surface area contributed by atoms with E-state index in [-0.39, 0.29) is 12.1 Å². The number of carbonyl (C=O) groups is 1. The first-order valence-electron chi connectivity index (χ1n) is 4.58. The lowest BCUT2D eigenvalue weighted by atomic mass is 10.0. The van der Waals surface area contributed by atoms with Gasteiger partial charge in [-0.15, -0.1) is 0 Å². The van der Waals surface area contributed by atoms with Crippen LogP contribution in [0.15, 0.2) is 29.4 Å². The van der Waals surface area contributed by atoms with Gasteiger partial charge in [0, 0.05) is 23.9 Å². The number of fused-ring (bicyclic) bond motifs is 3. The van der Waals surface area contributed by atoms with Gasteiger partial charge in [0.2, 0.25) is 0 Å². The van der Waals surface area contributed by atoms with Crippen molar-refractivity contribution >= 4 is 17.9 Å². The maximum absolute atomic E-state index is 11.5. The average molecular weight is 187 g/mol. The van der Waals surface area contributed by atoms with Crippen molar-refractivity contribution in [2.75, 3.05) is 5.32 Å². The zero-order valence-corrected chi connectivity index (χ0v) is 7.47. The standard InChI is InChI=1S/C10H9N3O/c14-10-12-8-4-2-1-3-7(8)9-5-6-11-13(9)10/h1-4,6,9H,5H2,(H,12,14). The minimum absolute atomic E-state index is 0.0972. The van der Waals surface area contributed by atoms with Crippen LogP contribution in [-0.4, -0.2) is 17.3 Å². The molecule has 14 heavy (non-hydrogen) atoms. The highest BCUT2D eigenvalue weighted by molar-refractivity contribution is 5.94. The Balaban J connectivity index is 2.14. The summed E-state index contributed by atoms with van der Waals surface area (Å²) in [6.07, 6.45) is 2.59. The average Bonchev–Trinajstić information content (AvgIpc) is 2.67. The number of para-hydroxylation sites is 1. The third-order valence-electron chi connectivity index (χ3n) is 2.60. The summed E-state index contributed by atoms with van der Waals surface area (Å²) in [4.78, 5) is 11.5. The Hall–Kier alpha value is -1.84. The van der Waals surface area contributed by atoms with E-state index in [1.165, 1.54) is 5.01 Å². The molecule has 0 bridgehead atoms. The van der Waals surface area contributed by atoms with Crippen molar-refractivity contribution in [1.29, 1.82) is 0 Å². The third-order valence-corrected chi connectivity index (χ3v) is 2.60. The largest absolute Gasteiger partial charge is 0.342 e. The highest BCUT2D eigenvalue weighted by Gasteiger charge is 2.34. The molecular weight excluding hydrogens is 178 g/mol. The molecule has 0 radical (unpaired) electrons. The van der Waals surface area contributed by atoms with Crippen LogP contribution in [0.1, 0.15) is 18.0 Å². The Morgan fingerprint density at radius 2 is 2.29 bits per heavy atom. The molecule has 1 aromatic carbocycles.